The molecule has 0 aromatic carbocycles. The Bertz CT molecular complexity index is 1070. The first-order valence-electron chi connectivity index (χ1n) is 9.14. The summed E-state index contributed by atoms with van der Waals surface area (Å²) in [7, 11) is 0. The van der Waals surface area contributed by atoms with Crippen LogP contribution in [0.3, 0.4) is 0 Å². The molecule has 8 nitrogen and oxygen atoms in total. The van der Waals surface area contributed by atoms with Crippen LogP contribution in [-0.4, -0.2) is 50.0 Å². The second-order valence-corrected chi connectivity index (χ2v) is 10.5. The predicted molar refractivity (Wildman–Crippen MR) is 117 cm³/mol. The molecular weight excluding hydrogens is 428 g/mol. The number of fused-ring (bicyclic) bond motifs is 1. The Morgan fingerprint density at radius 2 is 2.14 bits per heavy atom. The molecule has 0 saturated carbocycles. The van der Waals surface area contributed by atoms with E-state index in [2.05, 4.69) is 15.5 Å². The molecule has 1 unspecified atom stereocenters. The molecule has 1 aliphatic heterocycles. The van der Waals surface area contributed by atoms with Crippen molar-refractivity contribution in [1.82, 2.24) is 25.1 Å². The van der Waals surface area contributed by atoms with Crippen molar-refractivity contribution in [3.63, 3.8) is 0 Å². The number of nitrogens with two attached hydrogens (primary N) is 1. The number of aryl methyl sites for hydroxylation is 3. The monoisotopic (exact) mass is 450 g/mol. The highest BCUT2D eigenvalue weighted by Crippen LogP contribution is 2.35. The SMILES string of the molecule is Cc1ccc(SN(O)N2CCC(NC(=O)c3sc4nnc(C)c(C)c4c3N)C2)s1. The molecule has 0 spiro atoms. The molecule has 4 N–H and O–H groups in total. The van der Waals surface area contributed by atoms with Crippen molar-refractivity contribution in [2.75, 3.05) is 18.8 Å². The van der Waals surface area contributed by atoms with Crippen molar-refractivity contribution in [3.05, 3.63) is 33.1 Å². The number of amides is 1. The molecule has 4 rings (SSSR count). The van der Waals surface area contributed by atoms with E-state index in [-0.39, 0.29) is 11.9 Å². The van der Waals surface area contributed by atoms with Crippen molar-refractivity contribution in [2.45, 2.75) is 37.4 Å². The first-order chi connectivity index (χ1) is 13.8. The van der Waals surface area contributed by atoms with Gasteiger partial charge in [0.15, 0.2) is 0 Å². The molecule has 3 aromatic rings. The summed E-state index contributed by atoms with van der Waals surface area (Å²) in [6.07, 6.45) is 0.746. The van der Waals surface area contributed by atoms with E-state index >= 15 is 0 Å². The Hall–Kier alpha value is -1.76. The van der Waals surface area contributed by atoms with Gasteiger partial charge in [0.1, 0.15) is 9.71 Å². The Morgan fingerprint density at radius 1 is 1.34 bits per heavy atom. The number of carbonyl (C=O) groups excluding carboxylic acids is 1. The maximum absolute atomic E-state index is 12.8. The van der Waals surface area contributed by atoms with E-state index in [1.807, 2.05) is 37.9 Å². The summed E-state index contributed by atoms with van der Waals surface area (Å²) in [5.41, 5.74) is 8.48. The van der Waals surface area contributed by atoms with Crippen LogP contribution >= 0.6 is 34.6 Å². The van der Waals surface area contributed by atoms with E-state index in [1.54, 1.807) is 11.3 Å². The number of nitrogens with one attached hydrogen (secondary N) is 1. The molecule has 11 heteroatoms. The van der Waals surface area contributed by atoms with Gasteiger partial charge in [-0.3, -0.25) is 10.0 Å². The highest BCUT2D eigenvalue weighted by molar-refractivity contribution is 7.98. The first-order valence-corrected chi connectivity index (χ1v) is 11.5. The number of rotatable bonds is 5. The molecule has 1 atom stereocenters. The first kappa shape index (κ1) is 20.5. The smallest absolute Gasteiger partial charge is 0.263 e. The minimum Gasteiger partial charge on any atom is -0.397 e. The van der Waals surface area contributed by atoms with Crippen molar-refractivity contribution in [1.29, 1.82) is 0 Å². The van der Waals surface area contributed by atoms with Crippen LogP contribution in [0.1, 0.15) is 32.2 Å². The van der Waals surface area contributed by atoms with Gasteiger partial charge in [-0.15, -0.1) is 27.8 Å². The Balaban J connectivity index is 1.41. The number of thiophene rings is 2. The minimum atomic E-state index is -0.208. The maximum Gasteiger partial charge on any atom is 0.263 e. The largest absolute Gasteiger partial charge is 0.397 e. The summed E-state index contributed by atoms with van der Waals surface area (Å²) in [5, 5.41) is 24.3. The number of carbonyl (C=O) groups is 1. The number of hydrogen-bond donors (Lipinski definition) is 3. The third-order valence-corrected chi connectivity index (χ3v) is 8.04. The normalized spacial score (nSPS) is 17.5. The van der Waals surface area contributed by atoms with Crippen LogP contribution in [-0.2, 0) is 0 Å². The van der Waals surface area contributed by atoms with E-state index in [0.29, 0.717) is 28.5 Å². The van der Waals surface area contributed by atoms with Gasteiger partial charge in [0, 0.05) is 41.3 Å². The summed E-state index contributed by atoms with van der Waals surface area (Å²) < 4.78 is 2.18. The quantitative estimate of drug-likeness (QED) is 0.401. The number of hydrazine groups is 1. The fraction of sp³-hybridized carbons (Fsp3) is 0.389. The highest BCUT2D eigenvalue weighted by Gasteiger charge is 2.30. The lowest BCUT2D eigenvalue weighted by atomic mass is 10.1. The number of anilines is 1. The lowest BCUT2D eigenvalue weighted by Gasteiger charge is -2.23. The van der Waals surface area contributed by atoms with Crippen LogP contribution in [0.2, 0.25) is 0 Å². The van der Waals surface area contributed by atoms with Crippen LogP contribution < -0.4 is 11.1 Å². The van der Waals surface area contributed by atoms with Gasteiger partial charge in [0.05, 0.1) is 15.6 Å². The fourth-order valence-electron chi connectivity index (χ4n) is 3.27. The maximum atomic E-state index is 12.8. The van der Waals surface area contributed by atoms with Crippen molar-refractivity contribution < 1.29 is 10.0 Å². The summed E-state index contributed by atoms with van der Waals surface area (Å²) in [4.78, 5) is 15.2. The fourth-order valence-corrected chi connectivity index (χ4v) is 6.16. The van der Waals surface area contributed by atoms with Crippen LogP contribution in [0.5, 0.6) is 0 Å². The van der Waals surface area contributed by atoms with Gasteiger partial charge < -0.3 is 11.1 Å². The molecule has 0 aliphatic carbocycles. The van der Waals surface area contributed by atoms with Crippen LogP contribution in [0.25, 0.3) is 10.2 Å². The highest BCUT2D eigenvalue weighted by atomic mass is 32.2. The molecule has 1 amide bonds. The lowest BCUT2D eigenvalue weighted by molar-refractivity contribution is -0.146. The van der Waals surface area contributed by atoms with E-state index in [9.17, 15) is 10.0 Å². The zero-order chi connectivity index (χ0) is 20.7. The van der Waals surface area contributed by atoms with E-state index in [0.717, 1.165) is 31.9 Å². The summed E-state index contributed by atoms with van der Waals surface area (Å²) >= 11 is 4.17. The zero-order valence-corrected chi connectivity index (χ0v) is 18.7. The number of nitrogens with zero attached hydrogens (tertiary/aromatic N) is 4. The van der Waals surface area contributed by atoms with E-state index < -0.39 is 0 Å². The molecule has 3 aromatic heterocycles. The van der Waals surface area contributed by atoms with Gasteiger partial charge in [-0.25, -0.2) is 5.01 Å². The third kappa shape index (κ3) is 4.11. The summed E-state index contributed by atoms with van der Waals surface area (Å²) in [6, 6.07) is 3.94. The molecule has 4 heterocycles. The molecular formula is C18H22N6O2S3. The van der Waals surface area contributed by atoms with Gasteiger partial charge in [-0.2, -0.15) is 5.10 Å². The van der Waals surface area contributed by atoms with E-state index in [1.165, 1.54) is 28.2 Å². The van der Waals surface area contributed by atoms with Gasteiger partial charge in [0.25, 0.3) is 5.91 Å². The molecule has 0 radical (unpaired) electrons. The second-order valence-electron chi connectivity index (χ2n) is 7.02. The minimum absolute atomic E-state index is 0.0682. The summed E-state index contributed by atoms with van der Waals surface area (Å²) in [6.45, 7) is 7.04. The Morgan fingerprint density at radius 3 is 2.86 bits per heavy atom. The number of nitrogen functional groups attached to an aromatic ring is 1. The van der Waals surface area contributed by atoms with Gasteiger partial charge in [0.2, 0.25) is 0 Å². The molecule has 1 fully saturated rings. The van der Waals surface area contributed by atoms with Crippen molar-refractivity contribution in [2.24, 2.45) is 0 Å². The van der Waals surface area contributed by atoms with Crippen LogP contribution in [0.4, 0.5) is 5.69 Å². The topological polar surface area (TPSA) is 108 Å². The standard InChI is InChI=1S/C18H22N6O2S3/c1-9-4-5-13(27-9)29-24(26)23-7-6-12(8-23)20-17(25)16-15(19)14-10(2)11(3)21-22-18(14)28-16/h4-5,12,26H,6-8,19H2,1-3H3,(H,20,25). The molecule has 1 aliphatic rings. The summed E-state index contributed by atoms with van der Waals surface area (Å²) in [5.74, 6) is -0.208. The van der Waals surface area contributed by atoms with E-state index in [4.69, 9.17) is 5.73 Å². The Kier molecular flexibility index (Phi) is 5.78. The average molecular weight is 451 g/mol. The molecule has 0 bridgehead atoms. The van der Waals surface area contributed by atoms with Crippen molar-refractivity contribution in [3.8, 4) is 0 Å². The van der Waals surface area contributed by atoms with Gasteiger partial charge in [-0.1, -0.05) is 4.58 Å². The van der Waals surface area contributed by atoms with Gasteiger partial charge in [-0.05, 0) is 44.9 Å². The number of hydrogen-bond acceptors (Lipinski definition) is 10. The molecule has 29 heavy (non-hydrogen) atoms. The Labute approximate surface area is 180 Å². The van der Waals surface area contributed by atoms with Crippen LogP contribution in [0, 0.1) is 20.8 Å². The second kappa shape index (κ2) is 8.17. The van der Waals surface area contributed by atoms with Crippen LogP contribution in [0.15, 0.2) is 16.3 Å². The predicted octanol–water partition coefficient (Wildman–Crippen LogP) is 3.38. The molecule has 1 saturated heterocycles. The lowest BCUT2D eigenvalue weighted by Crippen LogP contribution is -2.40. The average Bonchev–Trinajstić information content (AvgIpc) is 3.38. The molecule has 154 valence electrons. The van der Waals surface area contributed by atoms with Gasteiger partial charge >= 0.3 is 0 Å². The number of aromatic nitrogens is 2. The third-order valence-electron chi connectivity index (χ3n) is 4.97. The zero-order valence-electron chi connectivity index (χ0n) is 16.3. The van der Waals surface area contributed by atoms with Crippen molar-refractivity contribution >= 4 is 56.4 Å².